The molecule has 4 nitrogen and oxygen atoms in total. The van der Waals surface area contributed by atoms with E-state index in [2.05, 4.69) is 22.2 Å². The quantitative estimate of drug-likeness (QED) is 0.892. The average Bonchev–Trinajstić information content (AvgIpc) is 2.69. The highest BCUT2D eigenvalue weighted by Crippen LogP contribution is 2.36. The lowest BCUT2D eigenvalue weighted by Crippen LogP contribution is -2.42. The maximum absolute atomic E-state index is 5.15. The van der Waals surface area contributed by atoms with Gasteiger partial charge in [0.25, 0.3) is 0 Å². The number of fused-ring (bicyclic) bond motifs is 2. The predicted octanol–water partition coefficient (Wildman–Crippen LogP) is 2.05. The second kappa shape index (κ2) is 6.10. The van der Waals surface area contributed by atoms with Crippen molar-refractivity contribution < 1.29 is 4.74 Å². The van der Waals surface area contributed by atoms with E-state index >= 15 is 0 Å². The third-order valence-electron chi connectivity index (χ3n) is 4.93. The number of methoxy groups -OCH3 is 1. The number of hydrogen-bond acceptors (Lipinski definition) is 4. The molecule has 1 aromatic rings. The van der Waals surface area contributed by atoms with Crippen molar-refractivity contribution in [3.05, 3.63) is 23.9 Å². The first-order chi connectivity index (χ1) is 9.76. The van der Waals surface area contributed by atoms with Crippen LogP contribution in [0.4, 0.5) is 0 Å². The number of hydrogen-bond donors (Lipinski definition) is 1. The van der Waals surface area contributed by atoms with Crippen molar-refractivity contribution in [3.63, 3.8) is 0 Å². The average molecular weight is 275 g/mol. The van der Waals surface area contributed by atoms with Gasteiger partial charge in [-0.2, -0.15) is 0 Å². The first-order valence-corrected chi connectivity index (χ1v) is 7.69. The molecule has 2 aliphatic rings. The maximum atomic E-state index is 5.15. The summed E-state index contributed by atoms with van der Waals surface area (Å²) in [6, 6.07) is 7.59. The molecule has 2 aliphatic heterocycles. The van der Waals surface area contributed by atoms with E-state index in [9.17, 15) is 0 Å². The number of nitrogens with zero attached hydrogens (tertiary/aromatic N) is 2. The normalized spacial score (nSPS) is 29.6. The van der Waals surface area contributed by atoms with Crippen LogP contribution >= 0.6 is 0 Å². The second-order valence-corrected chi connectivity index (χ2v) is 6.19. The van der Waals surface area contributed by atoms with Gasteiger partial charge in [0.15, 0.2) is 0 Å². The van der Waals surface area contributed by atoms with Crippen LogP contribution in [0.3, 0.4) is 0 Å². The minimum Gasteiger partial charge on any atom is -0.481 e. The summed E-state index contributed by atoms with van der Waals surface area (Å²) in [6.45, 7) is 1.94. The smallest absolute Gasteiger partial charge is 0.213 e. The Balaban J connectivity index is 1.46. The minimum atomic E-state index is 0.696. The van der Waals surface area contributed by atoms with Gasteiger partial charge in [0, 0.05) is 24.7 Å². The molecule has 0 spiro atoms. The van der Waals surface area contributed by atoms with E-state index in [1.165, 1.54) is 25.7 Å². The van der Waals surface area contributed by atoms with E-state index < -0.39 is 0 Å². The minimum absolute atomic E-state index is 0.696. The van der Waals surface area contributed by atoms with E-state index in [4.69, 9.17) is 4.74 Å². The van der Waals surface area contributed by atoms with Gasteiger partial charge in [0.2, 0.25) is 5.88 Å². The Morgan fingerprint density at radius 1 is 1.30 bits per heavy atom. The van der Waals surface area contributed by atoms with Crippen LogP contribution in [-0.2, 0) is 6.54 Å². The van der Waals surface area contributed by atoms with Crippen molar-refractivity contribution in [3.8, 4) is 5.88 Å². The summed E-state index contributed by atoms with van der Waals surface area (Å²) in [5.41, 5.74) is 1.06. The van der Waals surface area contributed by atoms with Crippen molar-refractivity contribution >= 4 is 0 Å². The van der Waals surface area contributed by atoms with E-state index in [1.54, 1.807) is 7.11 Å². The molecule has 0 radical (unpaired) electrons. The van der Waals surface area contributed by atoms with Crippen LogP contribution in [0.25, 0.3) is 0 Å². The highest BCUT2D eigenvalue weighted by atomic mass is 16.5. The SMILES string of the molecule is COc1cccc(CNCC2CC3CCC(C2)N3C)n1. The topological polar surface area (TPSA) is 37.4 Å². The number of rotatable bonds is 5. The summed E-state index contributed by atoms with van der Waals surface area (Å²) in [7, 11) is 3.96. The van der Waals surface area contributed by atoms with Crippen molar-refractivity contribution in [2.45, 2.75) is 44.3 Å². The van der Waals surface area contributed by atoms with E-state index in [1.807, 2.05) is 18.2 Å². The third-order valence-corrected chi connectivity index (χ3v) is 4.93. The molecule has 2 saturated heterocycles. The summed E-state index contributed by atoms with van der Waals surface area (Å²) >= 11 is 0. The highest BCUT2D eigenvalue weighted by molar-refractivity contribution is 5.15. The van der Waals surface area contributed by atoms with Crippen LogP contribution in [0.1, 0.15) is 31.4 Å². The van der Waals surface area contributed by atoms with Crippen LogP contribution in [0, 0.1) is 5.92 Å². The van der Waals surface area contributed by atoms with E-state index in [0.717, 1.165) is 36.8 Å². The lowest BCUT2D eigenvalue weighted by atomic mass is 9.91. The molecule has 2 atom stereocenters. The Morgan fingerprint density at radius 3 is 2.75 bits per heavy atom. The molecule has 2 unspecified atom stereocenters. The number of aromatic nitrogens is 1. The van der Waals surface area contributed by atoms with Gasteiger partial charge >= 0.3 is 0 Å². The Morgan fingerprint density at radius 2 is 2.05 bits per heavy atom. The van der Waals surface area contributed by atoms with Gasteiger partial charge in [-0.1, -0.05) is 6.07 Å². The Bertz CT molecular complexity index is 437. The molecule has 0 saturated carbocycles. The predicted molar refractivity (Wildman–Crippen MR) is 79.8 cm³/mol. The third kappa shape index (κ3) is 2.96. The van der Waals surface area contributed by atoms with Crippen molar-refractivity contribution in [2.75, 3.05) is 20.7 Å². The monoisotopic (exact) mass is 275 g/mol. The first kappa shape index (κ1) is 13.8. The first-order valence-electron chi connectivity index (χ1n) is 7.69. The zero-order chi connectivity index (χ0) is 13.9. The van der Waals surface area contributed by atoms with E-state index in [0.29, 0.717) is 5.88 Å². The van der Waals surface area contributed by atoms with Gasteiger partial charge in [-0.25, -0.2) is 4.98 Å². The molecule has 4 heteroatoms. The fourth-order valence-corrected chi connectivity index (χ4v) is 3.76. The lowest BCUT2D eigenvalue weighted by molar-refractivity contribution is 0.133. The molecule has 1 N–H and O–H groups in total. The number of ether oxygens (including phenoxy) is 1. The van der Waals surface area contributed by atoms with Crippen LogP contribution in [0.5, 0.6) is 5.88 Å². The summed E-state index contributed by atoms with van der Waals surface area (Å²) in [5, 5.41) is 3.57. The molecule has 0 amide bonds. The number of nitrogens with one attached hydrogen (secondary N) is 1. The van der Waals surface area contributed by atoms with Gasteiger partial charge in [0.1, 0.15) is 0 Å². The standard InChI is InChI=1S/C16H25N3O/c1-19-14-6-7-15(19)9-12(8-14)10-17-11-13-4-3-5-16(18-13)20-2/h3-5,12,14-15,17H,6-11H2,1-2H3. The van der Waals surface area contributed by atoms with Crippen LogP contribution in [-0.4, -0.2) is 42.7 Å². The van der Waals surface area contributed by atoms with Crippen molar-refractivity contribution in [1.29, 1.82) is 0 Å². The fourth-order valence-electron chi connectivity index (χ4n) is 3.76. The van der Waals surface area contributed by atoms with Crippen molar-refractivity contribution in [1.82, 2.24) is 15.2 Å². The zero-order valence-corrected chi connectivity index (χ0v) is 12.5. The largest absolute Gasteiger partial charge is 0.481 e. The Hall–Kier alpha value is -1.13. The van der Waals surface area contributed by atoms with Gasteiger partial charge in [-0.15, -0.1) is 0 Å². The molecule has 110 valence electrons. The summed E-state index contributed by atoms with van der Waals surface area (Å²) < 4.78 is 5.15. The highest BCUT2D eigenvalue weighted by Gasteiger charge is 2.37. The lowest BCUT2D eigenvalue weighted by Gasteiger charge is -2.36. The second-order valence-electron chi connectivity index (χ2n) is 6.19. The number of pyridine rings is 1. The summed E-state index contributed by atoms with van der Waals surface area (Å²) in [5.74, 6) is 1.52. The Labute approximate surface area is 121 Å². The molecule has 0 aliphatic carbocycles. The molecular weight excluding hydrogens is 250 g/mol. The fraction of sp³-hybridized carbons (Fsp3) is 0.688. The van der Waals surface area contributed by atoms with Gasteiger partial charge in [-0.3, -0.25) is 0 Å². The zero-order valence-electron chi connectivity index (χ0n) is 12.5. The van der Waals surface area contributed by atoms with Gasteiger partial charge in [-0.05, 0) is 51.3 Å². The van der Waals surface area contributed by atoms with E-state index in [-0.39, 0.29) is 0 Å². The van der Waals surface area contributed by atoms with Crippen LogP contribution in [0.15, 0.2) is 18.2 Å². The molecule has 3 rings (SSSR count). The summed E-state index contributed by atoms with van der Waals surface area (Å²) in [6.07, 6.45) is 5.50. The molecule has 1 aromatic heterocycles. The number of piperidine rings is 1. The van der Waals surface area contributed by atoms with Crippen LogP contribution in [0.2, 0.25) is 0 Å². The summed E-state index contributed by atoms with van der Waals surface area (Å²) in [4.78, 5) is 7.03. The van der Waals surface area contributed by atoms with Gasteiger partial charge < -0.3 is 15.0 Å². The Kier molecular flexibility index (Phi) is 4.22. The molecule has 0 aromatic carbocycles. The molecule has 3 heterocycles. The van der Waals surface area contributed by atoms with Crippen molar-refractivity contribution in [2.24, 2.45) is 5.92 Å². The molecular formula is C16H25N3O. The molecule has 2 fully saturated rings. The van der Waals surface area contributed by atoms with Crippen LogP contribution < -0.4 is 10.1 Å². The molecule has 2 bridgehead atoms. The van der Waals surface area contributed by atoms with Gasteiger partial charge in [0.05, 0.1) is 12.8 Å². The molecule has 20 heavy (non-hydrogen) atoms. The maximum Gasteiger partial charge on any atom is 0.213 e.